The molecule has 0 bridgehead atoms. The van der Waals surface area contributed by atoms with E-state index < -0.39 is 11.7 Å². The average Bonchev–Trinajstić information content (AvgIpc) is 3.66. The molecule has 1 aliphatic carbocycles. The zero-order valence-corrected chi connectivity index (χ0v) is 21.0. The Labute approximate surface area is 222 Å². The van der Waals surface area contributed by atoms with Crippen LogP contribution in [-0.2, 0) is 5.41 Å². The van der Waals surface area contributed by atoms with Crippen LogP contribution in [0.2, 0.25) is 0 Å². The standard InChI is InChI=1S/C29H23FN8O/c1-31-13-9-26(32-2)36-27(39)21-7-5-19(15-22(21)30)24-16-34-28-35-17-25(38(28)37-24)29(10-11-29)20-6-8-23-18(14-20)4-3-12-33-23/h3-9,12-17H,2,10-11H2,1H3,(H,36,39)/b26-9+,31-13?. The lowest BCUT2D eigenvalue weighted by Crippen LogP contribution is -2.23. The highest BCUT2D eigenvalue weighted by molar-refractivity contribution is 5.96. The van der Waals surface area contributed by atoms with E-state index in [0.717, 1.165) is 29.4 Å². The van der Waals surface area contributed by atoms with Crippen LogP contribution in [0.4, 0.5) is 4.39 Å². The van der Waals surface area contributed by atoms with Gasteiger partial charge < -0.3 is 5.32 Å². The lowest BCUT2D eigenvalue weighted by molar-refractivity contribution is 0.0961. The van der Waals surface area contributed by atoms with Crippen molar-refractivity contribution in [1.29, 1.82) is 0 Å². The van der Waals surface area contributed by atoms with E-state index in [1.165, 1.54) is 30.0 Å². The number of amides is 1. The maximum absolute atomic E-state index is 15.0. The van der Waals surface area contributed by atoms with Crippen molar-refractivity contribution in [1.82, 2.24) is 29.9 Å². The second kappa shape index (κ2) is 9.64. The summed E-state index contributed by atoms with van der Waals surface area (Å²) in [4.78, 5) is 33.5. The second-order valence-corrected chi connectivity index (χ2v) is 9.26. The predicted molar refractivity (Wildman–Crippen MR) is 147 cm³/mol. The summed E-state index contributed by atoms with van der Waals surface area (Å²) in [5.74, 6) is -0.726. The van der Waals surface area contributed by atoms with E-state index in [2.05, 4.69) is 55.2 Å². The van der Waals surface area contributed by atoms with E-state index in [4.69, 9.17) is 5.10 Å². The molecule has 0 atom stereocenters. The van der Waals surface area contributed by atoms with E-state index in [-0.39, 0.29) is 16.8 Å². The van der Waals surface area contributed by atoms with Gasteiger partial charge in [-0.25, -0.2) is 19.4 Å². The van der Waals surface area contributed by atoms with Crippen LogP contribution in [0, 0.1) is 5.82 Å². The molecular weight excluding hydrogens is 495 g/mol. The lowest BCUT2D eigenvalue weighted by atomic mass is 9.91. The van der Waals surface area contributed by atoms with Crippen molar-refractivity contribution in [3.05, 3.63) is 102 Å². The van der Waals surface area contributed by atoms with Crippen LogP contribution in [0.1, 0.15) is 34.5 Å². The number of hydrogen-bond acceptors (Lipinski definition) is 7. The van der Waals surface area contributed by atoms with Gasteiger partial charge in [0, 0.05) is 35.8 Å². The van der Waals surface area contributed by atoms with Crippen LogP contribution in [0.25, 0.3) is 27.9 Å². The summed E-state index contributed by atoms with van der Waals surface area (Å²) < 4.78 is 16.8. The molecule has 0 spiro atoms. The van der Waals surface area contributed by atoms with Crippen LogP contribution in [0.5, 0.6) is 0 Å². The quantitative estimate of drug-likeness (QED) is 0.318. The van der Waals surface area contributed by atoms with Crippen LogP contribution in [0.15, 0.2) is 89.0 Å². The first-order valence-corrected chi connectivity index (χ1v) is 12.3. The molecule has 1 amide bonds. The molecule has 10 heteroatoms. The summed E-state index contributed by atoms with van der Waals surface area (Å²) in [5, 5.41) is 8.36. The Balaban J connectivity index is 1.33. The van der Waals surface area contributed by atoms with Crippen molar-refractivity contribution < 1.29 is 9.18 Å². The average molecular weight is 519 g/mol. The number of aliphatic imine (C=N–C) groups is 2. The molecule has 192 valence electrons. The number of halogens is 1. The van der Waals surface area contributed by atoms with Gasteiger partial charge in [0.15, 0.2) is 0 Å². The van der Waals surface area contributed by atoms with E-state index in [9.17, 15) is 4.79 Å². The number of pyridine rings is 1. The summed E-state index contributed by atoms with van der Waals surface area (Å²) in [7, 11) is 1.58. The number of carbonyl (C=O) groups is 1. The fourth-order valence-corrected chi connectivity index (χ4v) is 4.75. The molecule has 9 nitrogen and oxygen atoms in total. The third-order valence-corrected chi connectivity index (χ3v) is 6.93. The molecule has 3 heterocycles. The maximum atomic E-state index is 15.0. The summed E-state index contributed by atoms with van der Waals surface area (Å²) in [6.07, 6.45) is 9.98. The number of rotatable bonds is 7. The molecule has 6 rings (SSSR count). The summed E-state index contributed by atoms with van der Waals surface area (Å²) in [6, 6.07) is 14.6. The molecule has 0 radical (unpaired) electrons. The van der Waals surface area contributed by atoms with Crippen LogP contribution >= 0.6 is 0 Å². The second-order valence-electron chi connectivity index (χ2n) is 9.26. The highest BCUT2D eigenvalue weighted by Gasteiger charge is 2.48. The van der Waals surface area contributed by atoms with Gasteiger partial charge in [0.25, 0.3) is 11.7 Å². The van der Waals surface area contributed by atoms with Crippen molar-refractivity contribution >= 4 is 35.5 Å². The number of hydrogen-bond donors (Lipinski definition) is 1. The van der Waals surface area contributed by atoms with Crippen molar-refractivity contribution in [3.8, 4) is 11.3 Å². The van der Waals surface area contributed by atoms with Gasteiger partial charge in [0.05, 0.1) is 29.2 Å². The molecular formula is C29H23FN8O. The van der Waals surface area contributed by atoms with Crippen LogP contribution in [0.3, 0.4) is 0 Å². The molecule has 1 aliphatic rings. The lowest BCUT2D eigenvalue weighted by Gasteiger charge is -2.16. The number of aromatic nitrogens is 5. The highest BCUT2D eigenvalue weighted by atomic mass is 19.1. The van der Waals surface area contributed by atoms with E-state index >= 15 is 4.39 Å². The number of imidazole rings is 1. The Bertz CT molecular complexity index is 1820. The van der Waals surface area contributed by atoms with Gasteiger partial charge in [-0.15, -0.1) is 0 Å². The topological polar surface area (TPSA) is 110 Å². The van der Waals surface area contributed by atoms with Gasteiger partial charge in [0.2, 0.25) is 0 Å². The minimum Gasteiger partial charge on any atom is -0.306 e. The molecule has 0 saturated heterocycles. The van der Waals surface area contributed by atoms with E-state index in [0.29, 0.717) is 17.0 Å². The Hall–Kier alpha value is -5.12. The summed E-state index contributed by atoms with van der Waals surface area (Å²) in [5.41, 5.74) is 3.62. The minimum atomic E-state index is -0.700. The van der Waals surface area contributed by atoms with Crippen molar-refractivity contribution in [3.63, 3.8) is 0 Å². The molecule has 3 aromatic heterocycles. The van der Waals surface area contributed by atoms with Gasteiger partial charge >= 0.3 is 0 Å². The molecule has 0 unspecified atom stereocenters. The fraction of sp³-hybridized carbons (Fsp3) is 0.138. The van der Waals surface area contributed by atoms with Gasteiger partial charge in [-0.2, -0.15) is 9.61 Å². The minimum absolute atomic E-state index is 0.137. The molecule has 2 aromatic carbocycles. The SMILES string of the molecule is C=N/C(=C\C=NC)NC(=O)c1ccc(-c2cnc3ncc(C4(c5ccc6ncccc6c5)CC4)n3n2)cc1F. The first kappa shape index (κ1) is 24.2. The number of nitrogens with zero attached hydrogens (tertiary/aromatic N) is 7. The highest BCUT2D eigenvalue weighted by Crippen LogP contribution is 2.53. The largest absolute Gasteiger partial charge is 0.306 e. The van der Waals surface area contributed by atoms with Gasteiger partial charge in [0.1, 0.15) is 17.3 Å². The fourth-order valence-electron chi connectivity index (χ4n) is 4.75. The maximum Gasteiger partial charge on any atom is 0.259 e. The third-order valence-electron chi connectivity index (χ3n) is 6.93. The first-order valence-electron chi connectivity index (χ1n) is 12.3. The van der Waals surface area contributed by atoms with Gasteiger partial charge in [-0.3, -0.25) is 14.8 Å². The number of fused-ring (bicyclic) bond motifs is 2. The normalized spacial score (nSPS) is 14.7. The number of benzene rings is 2. The third kappa shape index (κ3) is 4.35. The molecule has 39 heavy (non-hydrogen) atoms. The van der Waals surface area contributed by atoms with Crippen molar-refractivity contribution in [2.45, 2.75) is 18.3 Å². The van der Waals surface area contributed by atoms with Crippen LogP contribution in [-0.4, -0.2) is 50.5 Å². The number of nitrogens with one attached hydrogen (secondary N) is 1. The van der Waals surface area contributed by atoms with Gasteiger partial charge in [-0.05, 0) is 61.5 Å². The molecule has 5 aromatic rings. The van der Waals surface area contributed by atoms with E-state index in [1.807, 2.05) is 18.3 Å². The Kier molecular flexibility index (Phi) is 5.99. The Morgan fingerprint density at radius 2 is 1.97 bits per heavy atom. The monoisotopic (exact) mass is 518 g/mol. The molecule has 1 N–H and O–H groups in total. The van der Waals surface area contributed by atoms with Crippen molar-refractivity contribution in [2.24, 2.45) is 9.98 Å². The zero-order valence-electron chi connectivity index (χ0n) is 21.0. The smallest absolute Gasteiger partial charge is 0.259 e. The van der Waals surface area contributed by atoms with Crippen LogP contribution < -0.4 is 5.32 Å². The zero-order chi connectivity index (χ0) is 27.0. The van der Waals surface area contributed by atoms with Gasteiger partial charge in [-0.1, -0.05) is 18.2 Å². The summed E-state index contributed by atoms with van der Waals surface area (Å²) in [6.45, 7) is 3.40. The van der Waals surface area contributed by atoms with E-state index in [1.54, 1.807) is 30.0 Å². The molecule has 1 saturated carbocycles. The predicted octanol–water partition coefficient (Wildman–Crippen LogP) is 4.53. The number of allylic oxidation sites excluding steroid dienone is 1. The molecule has 0 aliphatic heterocycles. The molecule has 1 fully saturated rings. The number of carbonyl (C=O) groups excluding carboxylic acids is 1. The summed E-state index contributed by atoms with van der Waals surface area (Å²) >= 11 is 0. The van der Waals surface area contributed by atoms with Crippen molar-refractivity contribution in [2.75, 3.05) is 7.05 Å². The Morgan fingerprint density at radius 3 is 2.74 bits per heavy atom. The first-order chi connectivity index (χ1) is 19.0. The Morgan fingerprint density at radius 1 is 1.13 bits per heavy atom.